The molecule has 0 radical (unpaired) electrons. The number of anilines is 1. The number of hydrogen-bond acceptors (Lipinski definition) is 8. The number of rotatable bonds is 9. The van der Waals surface area contributed by atoms with Gasteiger partial charge in [0.05, 0.1) is 13.2 Å². The second-order valence-corrected chi connectivity index (χ2v) is 8.35. The Labute approximate surface area is 174 Å². The Morgan fingerprint density at radius 2 is 1.77 bits per heavy atom. The summed E-state index contributed by atoms with van der Waals surface area (Å²) in [5.41, 5.74) is 1.82. The van der Waals surface area contributed by atoms with Gasteiger partial charge >= 0.3 is 7.60 Å². The smallest absolute Gasteiger partial charge is 0.385 e. The molecule has 4 rings (SSSR count). The molecule has 0 unspecified atom stereocenters. The fourth-order valence-corrected chi connectivity index (χ4v) is 4.64. The van der Waals surface area contributed by atoms with Crippen LogP contribution in [0.3, 0.4) is 0 Å². The first-order valence-electron chi connectivity index (χ1n) is 9.71. The summed E-state index contributed by atoms with van der Waals surface area (Å²) in [6.45, 7) is 4.54. The molecule has 0 fully saturated rings. The Morgan fingerprint density at radius 1 is 1.03 bits per heavy atom. The van der Waals surface area contributed by atoms with Crippen molar-refractivity contribution in [2.24, 2.45) is 0 Å². The minimum atomic E-state index is -3.66. The van der Waals surface area contributed by atoms with E-state index >= 15 is 0 Å². The highest BCUT2D eigenvalue weighted by Gasteiger charge is 2.35. The zero-order valence-corrected chi connectivity index (χ0v) is 17.7. The van der Waals surface area contributed by atoms with Gasteiger partial charge in [0.2, 0.25) is 24.0 Å². The van der Waals surface area contributed by atoms with Gasteiger partial charge in [-0.05, 0) is 43.7 Å². The molecular formula is C21H23N2O6P. The summed E-state index contributed by atoms with van der Waals surface area (Å²) in [6, 6.07) is 15.0. The first-order valence-corrected chi connectivity index (χ1v) is 11.3. The number of ether oxygens (including phenoxy) is 2. The van der Waals surface area contributed by atoms with Gasteiger partial charge in [0.1, 0.15) is 0 Å². The lowest BCUT2D eigenvalue weighted by Gasteiger charge is -2.15. The van der Waals surface area contributed by atoms with E-state index in [9.17, 15) is 4.57 Å². The monoisotopic (exact) mass is 430 g/mol. The summed E-state index contributed by atoms with van der Waals surface area (Å²) < 4.78 is 41.1. The molecule has 8 nitrogen and oxygen atoms in total. The van der Waals surface area contributed by atoms with Gasteiger partial charge in [-0.1, -0.05) is 24.3 Å². The molecule has 0 saturated heterocycles. The predicted molar refractivity (Wildman–Crippen MR) is 112 cm³/mol. The molecule has 2 aromatic carbocycles. The zero-order chi connectivity index (χ0) is 21.0. The molecule has 3 aromatic rings. The van der Waals surface area contributed by atoms with Crippen molar-refractivity contribution in [2.45, 2.75) is 20.4 Å². The second-order valence-electron chi connectivity index (χ2n) is 6.41. The SMILES string of the molecule is CCOP(=O)(OCC)c1nc(-c2ccccc2)oc1NCc1ccc2c(c1)OCO2. The van der Waals surface area contributed by atoms with Crippen LogP contribution in [0.5, 0.6) is 11.5 Å². The number of nitrogens with zero attached hydrogens (tertiary/aromatic N) is 1. The predicted octanol–water partition coefficient (Wildman–Crippen LogP) is 4.57. The van der Waals surface area contributed by atoms with Crippen molar-refractivity contribution in [2.75, 3.05) is 25.3 Å². The number of fused-ring (bicyclic) bond motifs is 1. The molecular weight excluding hydrogens is 407 g/mol. The van der Waals surface area contributed by atoms with Crippen molar-refractivity contribution in [3.8, 4) is 23.0 Å². The largest absolute Gasteiger partial charge is 0.454 e. The van der Waals surface area contributed by atoms with Crippen LogP contribution in [0, 0.1) is 0 Å². The third kappa shape index (κ3) is 4.21. The molecule has 0 aliphatic carbocycles. The fraction of sp³-hybridized carbons (Fsp3) is 0.286. The van der Waals surface area contributed by atoms with E-state index in [1.165, 1.54) is 0 Å². The van der Waals surface area contributed by atoms with Gasteiger partial charge in [-0.15, -0.1) is 0 Å². The minimum absolute atomic E-state index is 0.130. The van der Waals surface area contributed by atoms with Gasteiger partial charge in [-0.3, -0.25) is 4.57 Å². The lowest BCUT2D eigenvalue weighted by atomic mass is 10.2. The normalized spacial score (nSPS) is 12.9. The molecule has 1 aliphatic rings. The van der Waals surface area contributed by atoms with Crippen LogP contribution >= 0.6 is 7.60 Å². The van der Waals surface area contributed by atoms with Crippen LogP contribution in [-0.2, 0) is 20.2 Å². The Bertz CT molecular complexity index is 1040. The number of aromatic nitrogens is 1. The third-order valence-electron chi connectivity index (χ3n) is 4.38. The maximum Gasteiger partial charge on any atom is 0.385 e. The van der Waals surface area contributed by atoms with Gasteiger partial charge in [0.25, 0.3) is 0 Å². The van der Waals surface area contributed by atoms with E-state index in [0.29, 0.717) is 23.9 Å². The Kier molecular flexibility index (Phi) is 6.08. The Balaban J connectivity index is 1.66. The van der Waals surface area contributed by atoms with Crippen molar-refractivity contribution < 1.29 is 27.5 Å². The topological polar surface area (TPSA) is 92.1 Å². The van der Waals surface area contributed by atoms with E-state index in [1.54, 1.807) is 13.8 Å². The van der Waals surface area contributed by atoms with E-state index in [4.69, 9.17) is 22.9 Å². The van der Waals surface area contributed by atoms with Crippen LogP contribution in [0.4, 0.5) is 5.88 Å². The summed E-state index contributed by atoms with van der Waals surface area (Å²) in [5, 5.41) is 3.18. The maximum absolute atomic E-state index is 13.4. The van der Waals surface area contributed by atoms with Crippen LogP contribution in [0.15, 0.2) is 52.9 Å². The minimum Gasteiger partial charge on any atom is -0.454 e. The maximum atomic E-state index is 13.4. The molecule has 0 amide bonds. The molecule has 9 heteroatoms. The number of oxazole rings is 1. The van der Waals surface area contributed by atoms with Gasteiger partial charge in [-0.2, -0.15) is 4.98 Å². The fourth-order valence-electron chi connectivity index (χ4n) is 3.05. The molecule has 30 heavy (non-hydrogen) atoms. The molecule has 1 aliphatic heterocycles. The van der Waals surface area contributed by atoms with Gasteiger partial charge in [0.15, 0.2) is 11.5 Å². The summed E-state index contributed by atoms with van der Waals surface area (Å²) in [6.07, 6.45) is 0. The summed E-state index contributed by atoms with van der Waals surface area (Å²) in [5.74, 6) is 1.98. The molecule has 0 bridgehead atoms. The molecule has 0 spiro atoms. The zero-order valence-electron chi connectivity index (χ0n) is 16.8. The van der Waals surface area contributed by atoms with E-state index < -0.39 is 7.60 Å². The molecule has 1 N–H and O–H groups in total. The lowest BCUT2D eigenvalue weighted by molar-refractivity contribution is 0.174. The first kappa shape index (κ1) is 20.5. The van der Waals surface area contributed by atoms with E-state index in [2.05, 4.69) is 10.3 Å². The third-order valence-corrected chi connectivity index (χ3v) is 6.40. The van der Waals surface area contributed by atoms with Crippen molar-refractivity contribution in [3.05, 3.63) is 54.1 Å². The van der Waals surface area contributed by atoms with Crippen LogP contribution in [-0.4, -0.2) is 25.0 Å². The van der Waals surface area contributed by atoms with Crippen LogP contribution in [0.2, 0.25) is 0 Å². The molecule has 0 saturated carbocycles. The van der Waals surface area contributed by atoms with Gasteiger partial charge in [0, 0.05) is 12.1 Å². The van der Waals surface area contributed by atoms with Gasteiger partial charge in [-0.25, -0.2) is 0 Å². The standard InChI is InChI=1S/C21H23N2O6P/c1-3-27-30(24,28-4-2)21-20(29-19(23-21)16-8-6-5-7-9-16)22-13-15-10-11-17-18(12-15)26-14-25-17/h5-12,22H,3-4,13-14H2,1-2H3. The second kappa shape index (κ2) is 8.92. The van der Waals surface area contributed by atoms with E-state index in [1.807, 2.05) is 48.5 Å². The number of hydrogen-bond donors (Lipinski definition) is 1. The lowest BCUT2D eigenvalue weighted by Crippen LogP contribution is -2.16. The van der Waals surface area contributed by atoms with Crippen LogP contribution < -0.4 is 20.2 Å². The average Bonchev–Trinajstić information content (AvgIpc) is 3.40. The van der Waals surface area contributed by atoms with Crippen molar-refractivity contribution in [3.63, 3.8) is 0 Å². The highest BCUT2D eigenvalue weighted by atomic mass is 31.2. The summed E-state index contributed by atoms with van der Waals surface area (Å²) >= 11 is 0. The van der Waals surface area contributed by atoms with Crippen molar-refractivity contribution in [1.82, 2.24) is 4.98 Å². The molecule has 1 aromatic heterocycles. The van der Waals surface area contributed by atoms with Crippen LogP contribution in [0.25, 0.3) is 11.5 Å². The van der Waals surface area contributed by atoms with Crippen LogP contribution in [0.1, 0.15) is 19.4 Å². The van der Waals surface area contributed by atoms with E-state index in [0.717, 1.165) is 11.1 Å². The van der Waals surface area contributed by atoms with Crippen molar-refractivity contribution in [1.29, 1.82) is 0 Å². The quantitative estimate of drug-likeness (QED) is 0.494. The van der Waals surface area contributed by atoms with Gasteiger partial charge < -0.3 is 28.3 Å². The van der Waals surface area contributed by atoms with Crippen molar-refractivity contribution >= 4 is 18.9 Å². The Hall–Kier alpha value is -2.80. The summed E-state index contributed by atoms with van der Waals surface area (Å²) in [7, 11) is -3.66. The number of benzene rings is 2. The first-order chi connectivity index (χ1) is 14.6. The van der Waals surface area contributed by atoms with E-state index in [-0.39, 0.29) is 31.3 Å². The molecule has 0 atom stereocenters. The summed E-state index contributed by atoms with van der Waals surface area (Å²) in [4.78, 5) is 4.47. The average molecular weight is 430 g/mol. The Morgan fingerprint density at radius 3 is 2.50 bits per heavy atom. The molecule has 158 valence electrons. The highest BCUT2D eigenvalue weighted by molar-refractivity contribution is 7.62. The molecule has 2 heterocycles. The number of nitrogens with one attached hydrogen (secondary N) is 1. The highest BCUT2D eigenvalue weighted by Crippen LogP contribution is 2.49.